The fourth-order valence-corrected chi connectivity index (χ4v) is 3.11. The van der Waals surface area contributed by atoms with Crippen molar-refractivity contribution in [1.29, 1.82) is 0 Å². The molecule has 1 fully saturated rings. The minimum absolute atomic E-state index is 0.103. The van der Waals surface area contributed by atoms with Gasteiger partial charge < -0.3 is 9.64 Å². The molecule has 0 bridgehead atoms. The van der Waals surface area contributed by atoms with E-state index >= 15 is 0 Å². The Hall–Kier alpha value is -2.67. The highest BCUT2D eigenvalue weighted by Crippen LogP contribution is 2.13. The van der Waals surface area contributed by atoms with E-state index in [1.807, 2.05) is 51.1 Å². The Balaban J connectivity index is 1.53. The lowest BCUT2D eigenvalue weighted by molar-refractivity contribution is 0.0139. The van der Waals surface area contributed by atoms with E-state index in [1.54, 1.807) is 17.2 Å². The van der Waals surface area contributed by atoms with Crippen molar-refractivity contribution in [3.8, 4) is 0 Å². The quantitative estimate of drug-likeness (QED) is 0.809. The second-order valence-corrected chi connectivity index (χ2v) is 8.09. The second kappa shape index (κ2) is 8.56. The summed E-state index contributed by atoms with van der Waals surface area (Å²) in [6, 6.07) is 11.5. The molecule has 28 heavy (non-hydrogen) atoms. The van der Waals surface area contributed by atoms with Crippen LogP contribution in [0.4, 0.5) is 4.79 Å². The van der Waals surface area contributed by atoms with Gasteiger partial charge in [0.05, 0.1) is 12.7 Å². The number of benzene rings is 1. The molecule has 0 aliphatic carbocycles. The van der Waals surface area contributed by atoms with Gasteiger partial charge in [0.2, 0.25) is 0 Å². The third kappa shape index (κ3) is 5.66. The molecule has 2 heterocycles. The molecule has 1 aliphatic rings. The molecule has 1 aromatic heterocycles. The van der Waals surface area contributed by atoms with Crippen LogP contribution in [-0.2, 0) is 17.8 Å². The summed E-state index contributed by atoms with van der Waals surface area (Å²) in [6.45, 7) is 9.45. The number of nitrogens with zero attached hydrogens (tertiary/aromatic N) is 4. The molecular weight excluding hydrogens is 356 g/mol. The van der Waals surface area contributed by atoms with Crippen LogP contribution in [0.25, 0.3) is 0 Å². The van der Waals surface area contributed by atoms with Crippen molar-refractivity contribution >= 4 is 6.09 Å². The van der Waals surface area contributed by atoms with E-state index in [9.17, 15) is 9.59 Å². The molecule has 7 heteroatoms. The fourth-order valence-electron chi connectivity index (χ4n) is 3.11. The molecule has 0 N–H and O–H groups in total. The summed E-state index contributed by atoms with van der Waals surface area (Å²) in [4.78, 5) is 28.5. The molecule has 0 saturated carbocycles. The summed E-state index contributed by atoms with van der Waals surface area (Å²) in [5.41, 5.74) is 1.35. The summed E-state index contributed by atoms with van der Waals surface area (Å²) < 4.78 is 6.89. The molecule has 0 spiro atoms. The second-order valence-electron chi connectivity index (χ2n) is 8.09. The Morgan fingerprint density at radius 3 is 2.32 bits per heavy atom. The standard InChI is InChI=1S/C21H28N4O3/c1-21(2,3)28-20(27)24-11-9-23(10-12-24)15-18-13-19(26)25(22-14-18)16-17-7-5-4-6-8-17/h4-8,13-14H,9-12,15-16H2,1-3H3. The van der Waals surface area contributed by atoms with Gasteiger partial charge >= 0.3 is 6.09 Å². The molecule has 0 radical (unpaired) electrons. The van der Waals surface area contributed by atoms with Crippen molar-refractivity contribution in [3.05, 3.63) is 64.1 Å². The lowest BCUT2D eigenvalue weighted by Gasteiger charge is -2.35. The van der Waals surface area contributed by atoms with Crippen LogP contribution in [0.1, 0.15) is 31.9 Å². The first-order valence-electron chi connectivity index (χ1n) is 9.60. The zero-order valence-corrected chi connectivity index (χ0v) is 16.8. The average Bonchev–Trinajstić information content (AvgIpc) is 2.64. The normalized spacial score (nSPS) is 15.5. The van der Waals surface area contributed by atoms with Crippen LogP contribution in [0.2, 0.25) is 0 Å². The fraction of sp³-hybridized carbons (Fsp3) is 0.476. The molecule has 150 valence electrons. The lowest BCUT2D eigenvalue weighted by atomic mass is 10.2. The maximum Gasteiger partial charge on any atom is 0.410 e. The number of hydrogen-bond acceptors (Lipinski definition) is 5. The Kier molecular flexibility index (Phi) is 6.14. The minimum Gasteiger partial charge on any atom is -0.444 e. The molecule has 2 aromatic rings. The van der Waals surface area contributed by atoms with Crippen LogP contribution in [-0.4, -0.2) is 57.5 Å². The minimum atomic E-state index is -0.483. The summed E-state index contributed by atoms with van der Waals surface area (Å²) in [5, 5.41) is 4.32. The van der Waals surface area contributed by atoms with Crippen molar-refractivity contribution < 1.29 is 9.53 Å². The number of hydrogen-bond donors (Lipinski definition) is 0. The molecule has 7 nitrogen and oxygen atoms in total. The Morgan fingerprint density at radius 1 is 1.04 bits per heavy atom. The molecule has 3 rings (SSSR count). The molecule has 0 unspecified atom stereocenters. The SMILES string of the molecule is CC(C)(C)OC(=O)N1CCN(Cc2cnn(Cc3ccccc3)c(=O)c2)CC1. The van der Waals surface area contributed by atoms with Gasteiger partial charge in [-0.05, 0) is 31.9 Å². The highest BCUT2D eigenvalue weighted by molar-refractivity contribution is 5.68. The molecule has 1 aliphatic heterocycles. The molecule has 1 aromatic carbocycles. The van der Waals surface area contributed by atoms with E-state index < -0.39 is 5.60 Å². The monoisotopic (exact) mass is 384 g/mol. The van der Waals surface area contributed by atoms with Gasteiger partial charge in [-0.1, -0.05) is 30.3 Å². The Morgan fingerprint density at radius 2 is 1.71 bits per heavy atom. The first-order chi connectivity index (χ1) is 13.3. The van der Waals surface area contributed by atoms with Gasteiger partial charge in [-0.3, -0.25) is 9.69 Å². The smallest absolute Gasteiger partial charge is 0.410 e. The van der Waals surface area contributed by atoms with E-state index in [-0.39, 0.29) is 11.7 Å². The van der Waals surface area contributed by atoms with Gasteiger partial charge in [-0.15, -0.1) is 0 Å². The van der Waals surface area contributed by atoms with Gasteiger partial charge in [0.15, 0.2) is 0 Å². The largest absolute Gasteiger partial charge is 0.444 e. The molecular formula is C21H28N4O3. The third-order valence-electron chi connectivity index (χ3n) is 4.53. The van der Waals surface area contributed by atoms with Crippen molar-refractivity contribution in [2.24, 2.45) is 0 Å². The number of piperazine rings is 1. The highest BCUT2D eigenvalue weighted by Gasteiger charge is 2.25. The topological polar surface area (TPSA) is 67.7 Å². The van der Waals surface area contributed by atoms with Crippen molar-refractivity contribution in [2.75, 3.05) is 26.2 Å². The highest BCUT2D eigenvalue weighted by atomic mass is 16.6. The van der Waals surface area contributed by atoms with Crippen LogP contribution < -0.4 is 5.56 Å². The zero-order chi connectivity index (χ0) is 20.1. The van der Waals surface area contributed by atoms with Crippen LogP contribution in [0.15, 0.2) is 47.4 Å². The van der Waals surface area contributed by atoms with Crippen LogP contribution >= 0.6 is 0 Å². The number of carbonyl (C=O) groups is 1. The van der Waals surface area contributed by atoms with Gasteiger partial charge in [-0.25, -0.2) is 9.48 Å². The predicted octanol–water partition coefficient (Wildman–Crippen LogP) is 2.34. The van der Waals surface area contributed by atoms with E-state index in [0.29, 0.717) is 26.2 Å². The molecule has 1 saturated heterocycles. The number of rotatable bonds is 4. The predicted molar refractivity (Wildman–Crippen MR) is 107 cm³/mol. The summed E-state index contributed by atoms with van der Waals surface area (Å²) in [5.74, 6) is 0. The molecule has 1 amide bonds. The number of aromatic nitrogens is 2. The number of amides is 1. The van der Waals surface area contributed by atoms with Gasteiger partial charge in [0, 0.05) is 38.8 Å². The summed E-state index contributed by atoms with van der Waals surface area (Å²) in [7, 11) is 0. The molecule has 0 atom stereocenters. The first kappa shape index (κ1) is 20.1. The maximum absolute atomic E-state index is 12.4. The van der Waals surface area contributed by atoms with Crippen LogP contribution in [0.5, 0.6) is 0 Å². The van der Waals surface area contributed by atoms with Crippen molar-refractivity contribution in [3.63, 3.8) is 0 Å². The van der Waals surface area contributed by atoms with E-state index in [4.69, 9.17) is 4.74 Å². The summed E-state index contributed by atoms with van der Waals surface area (Å²) in [6.07, 6.45) is 1.49. The van der Waals surface area contributed by atoms with Crippen molar-refractivity contribution in [1.82, 2.24) is 19.6 Å². The number of ether oxygens (including phenoxy) is 1. The van der Waals surface area contributed by atoms with Gasteiger partial charge in [0.1, 0.15) is 5.60 Å². The van der Waals surface area contributed by atoms with Gasteiger partial charge in [0.25, 0.3) is 5.56 Å². The van der Waals surface area contributed by atoms with E-state index in [0.717, 1.165) is 24.2 Å². The Bertz CT molecular complexity index is 850. The van der Waals surface area contributed by atoms with E-state index in [2.05, 4.69) is 10.00 Å². The van der Waals surface area contributed by atoms with Gasteiger partial charge in [-0.2, -0.15) is 5.10 Å². The lowest BCUT2D eigenvalue weighted by Crippen LogP contribution is -2.49. The average molecular weight is 384 g/mol. The Labute approximate surface area is 165 Å². The number of carbonyl (C=O) groups excluding carboxylic acids is 1. The van der Waals surface area contributed by atoms with Crippen LogP contribution in [0, 0.1) is 0 Å². The summed E-state index contributed by atoms with van der Waals surface area (Å²) >= 11 is 0. The third-order valence-corrected chi connectivity index (χ3v) is 4.53. The maximum atomic E-state index is 12.4. The first-order valence-corrected chi connectivity index (χ1v) is 9.60. The van der Waals surface area contributed by atoms with Crippen molar-refractivity contribution in [2.45, 2.75) is 39.5 Å². The zero-order valence-electron chi connectivity index (χ0n) is 16.8. The van der Waals surface area contributed by atoms with E-state index in [1.165, 1.54) is 4.68 Å². The van der Waals surface area contributed by atoms with Crippen LogP contribution in [0.3, 0.4) is 0 Å².